The van der Waals surface area contributed by atoms with Crippen molar-refractivity contribution in [2.24, 2.45) is 0 Å². The van der Waals surface area contributed by atoms with E-state index in [0.29, 0.717) is 12.1 Å². The Morgan fingerprint density at radius 1 is 1.32 bits per heavy atom. The van der Waals surface area contributed by atoms with Crippen molar-refractivity contribution < 1.29 is 0 Å². The second kappa shape index (κ2) is 7.68. The minimum Gasteiger partial charge on any atom is -0.314 e. The van der Waals surface area contributed by atoms with Gasteiger partial charge in [0.25, 0.3) is 0 Å². The first-order valence-electron chi connectivity index (χ1n) is 8.11. The zero-order chi connectivity index (χ0) is 13.5. The molecule has 1 N–H and O–H groups in total. The maximum Gasteiger partial charge on any atom is 0.0625 e. The Morgan fingerprint density at radius 2 is 2.11 bits per heavy atom. The van der Waals surface area contributed by atoms with Crippen molar-refractivity contribution in [3.05, 3.63) is 18.0 Å². The van der Waals surface area contributed by atoms with Gasteiger partial charge in [0, 0.05) is 12.2 Å². The van der Waals surface area contributed by atoms with Crippen LogP contribution in [0.25, 0.3) is 0 Å². The molecule has 3 heteroatoms. The van der Waals surface area contributed by atoms with E-state index in [1.807, 2.05) is 0 Å². The molecule has 2 rings (SSSR count). The van der Waals surface area contributed by atoms with Crippen molar-refractivity contribution in [2.45, 2.75) is 77.3 Å². The van der Waals surface area contributed by atoms with Crippen LogP contribution in [0.4, 0.5) is 0 Å². The number of hydrogen-bond acceptors (Lipinski definition) is 2. The molecule has 1 fully saturated rings. The van der Waals surface area contributed by atoms with Crippen LogP contribution in [0.3, 0.4) is 0 Å². The van der Waals surface area contributed by atoms with Crippen LogP contribution in [0.1, 0.15) is 70.5 Å². The molecule has 1 atom stereocenters. The predicted octanol–water partition coefficient (Wildman–Crippen LogP) is 3.71. The summed E-state index contributed by atoms with van der Waals surface area (Å²) in [5, 5.41) is 8.33. The summed E-state index contributed by atoms with van der Waals surface area (Å²) in [6, 6.07) is 3.52. The summed E-state index contributed by atoms with van der Waals surface area (Å²) in [5.74, 6) is 0. The van der Waals surface area contributed by atoms with Gasteiger partial charge in [-0.2, -0.15) is 5.10 Å². The summed E-state index contributed by atoms with van der Waals surface area (Å²) in [6.07, 6.45) is 12.5. The molecule has 1 aromatic rings. The summed E-state index contributed by atoms with van der Waals surface area (Å²) in [7, 11) is 0. The number of rotatable bonds is 7. The molecule has 108 valence electrons. The number of hydrogen-bond donors (Lipinski definition) is 1. The summed E-state index contributed by atoms with van der Waals surface area (Å²) in [4.78, 5) is 0. The topological polar surface area (TPSA) is 29.9 Å². The Labute approximate surface area is 117 Å². The highest BCUT2D eigenvalue weighted by Crippen LogP contribution is 2.27. The monoisotopic (exact) mass is 263 g/mol. The molecule has 0 spiro atoms. The van der Waals surface area contributed by atoms with E-state index in [0.717, 1.165) is 13.0 Å². The van der Waals surface area contributed by atoms with Gasteiger partial charge in [-0.1, -0.05) is 33.1 Å². The van der Waals surface area contributed by atoms with Gasteiger partial charge in [-0.3, -0.25) is 4.68 Å². The van der Waals surface area contributed by atoms with Crippen molar-refractivity contribution in [2.75, 3.05) is 6.54 Å². The maximum atomic E-state index is 4.79. The van der Waals surface area contributed by atoms with E-state index < -0.39 is 0 Å². The fourth-order valence-electron chi connectivity index (χ4n) is 3.12. The molecule has 1 unspecified atom stereocenters. The second-order valence-electron chi connectivity index (χ2n) is 5.78. The Morgan fingerprint density at radius 3 is 2.79 bits per heavy atom. The first kappa shape index (κ1) is 14.6. The van der Waals surface area contributed by atoms with E-state index >= 15 is 0 Å². The minimum atomic E-state index is 0.643. The highest BCUT2D eigenvalue weighted by Gasteiger charge is 2.16. The largest absolute Gasteiger partial charge is 0.314 e. The zero-order valence-electron chi connectivity index (χ0n) is 12.6. The summed E-state index contributed by atoms with van der Waals surface area (Å²) in [6.45, 7) is 5.50. The van der Waals surface area contributed by atoms with Crippen LogP contribution in [0.5, 0.6) is 0 Å². The molecule has 1 aliphatic carbocycles. The first-order chi connectivity index (χ1) is 9.33. The Kier molecular flexibility index (Phi) is 5.90. The van der Waals surface area contributed by atoms with Crippen molar-refractivity contribution in [3.8, 4) is 0 Å². The lowest BCUT2D eigenvalue weighted by molar-refractivity contribution is 0.327. The summed E-state index contributed by atoms with van der Waals surface area (Å²) in [5.41, 5.74) is 1.27. The van der Waals surface area contributed by atoms with Gasteiger partial charge in [-0.05, 0) is 44.7 Å². The molecule has 1 aromatic heterocycles. The Balaban J connectivity index is 1.82. The van der Waals surface area contributed by atoms with E-state index in [-0.39, 0.29) is 0 Å². The third kappa shape index (κ3) is 4.34. The van der Waals surface area contributed by atoms with Gasteiger partial charge in [0.2, 0.25) is 0 Å². The fourth-order valence-corrected chi connectivity index (χ4v) is 3.12. The molecule has 1 heterocycles. The third-order valence-electron chi connectivity index (χ3n) is 4.35. The van der Waals surface area contributed by atoms with Gasteiger partial charge in [0.05, 0.1) is 11.7 Å². The highest BCUT2D eigenvalue weighted by molar-refractivity contribution is 5.00. The predicted molar refractivity (Wildman–Crippen MR) is 80.4 cm³/mol. The molecule has 1 aliphatic rings. The van der Waals surface area contributed by atoms with Gasteiger partial charge in [0.15, 0.2) is 0 Å². The molecule has 0 radical (unpaired) electrons. The van der Waals surface area contributed by atoms with Crippen LogP contribution >= 0.6 is 0 Å². The SMILES string of the molecule is CCNC(CC)CCc1ccn(C2CCCCC2)n1. The molecular formula is C16H29N3. The van der Waals surface area contributed by atoms with Gasteiger partial charge >= 0.3 is 0 Å². The van der Waals surface area contributed by atoms with Gasteiger partial charge < -0.3 is 5.32 Å². The lowest BCUT2D eigenvalue weighted by Crippen LogP contribution is -2.28. The highest BCUT2D eigenvalue weighted by atomic mass is 15.3. The smallest absolute Gasteiger partial charge is 0.0625 e. The van der Waals surface area contributed by atoms with E-state index in [2.05, 4.69) is 36.1 Å². The third-order valence-corrected chi connectivity index (χ3v) is 4.35. The van der Waals surface area contributed by atoms with Gasteiger partial charge in [0.1, 0.15) is 0 Å². The molecule has 19 heavy (non-hydrogen) atoms. The molecular weight excluding hydrogens is 234 g/mol. The standard InChI is InChI=1S/C16H29N3/c1-3-14(17-4-2)10-11-15-12-13-19(18-15)16-8-6-5-7-9-16/h12-14,16-17H,3-11H2,1-2H3. The number of nitrogens with zero attached hydrogens (tertiary/aromatic N) is 2. The molecule has 0 saturated heterocycles. The van der Waals surface area contributed by atoms with Gasteiger partial charge in [-0.25, -0.2) is 0 Å². The average molecular weight is 263 g/mol. The van der Waals surface area contributed by atoms with Crippen LogP contribution in [-0.2, 0) is 6.42 Å². The van der Waals surface area contributed by atoms with E-state index in [9.17, 15) is 0 Å². The van der Waals surface area contributed by atoms with Crippen LogP contribution < -0.4 is 5.32 Å². The molecule has 0 amide bonds. The molecule has 3 nitrogen and oxygen atoms in total. The van der Waals surface area contributed by atoms with E-state index in [1.165, 1.54) is 50.6 Å². The van der Waals surface area contributed by atoms with Crippen LogP contribution in [0, 0.1) is 0 Å². The maximum absolute atomic E-state index is 4.79. The fraction of sp³-hybridized carbons (Fsp3) is 0.812. The van der Waals surface area contributed by atoms with Gasteiger partial charge in [-0.15, -0.1) is 0 Å². The lowest BCUT2D eigenvalue weighted by Gasteiger charge is -2.21. The minimum absolute atomic E-state index is 0.643. The molecule has 0 aromatic carbocycles. The number of nitrogens with one attached hydrogen (secondary N) is 1. The van der Waals surface area contributed by atoms with Crippen LogP contribution in [0.15, 0.2) is 12.3 Å². The second-order valence-corrected chi connectivity index (χ2v) is 5.78. The average Bonchev–Trinajstić information content (AvgIpc) is 2.93. The normalized spacial score (nSPS) is 18.6. The molecule has 0 bridgehead atoms. The zero-order valence-corrected chi connectivity index (χ0v) is 12.6. The van der Waals surface area contributed by atoms with Crippen LogP contribution in [0.2, 0.25) is 0 Å². The Hall–Kier alpha value is -0.830. The van der Waals surface area contributed by atoms with Crippen molar-refractivity contribution in [1.29, 1.82) is 0 Å². The first-order valence-corrected chi connectivity index (χ1v) is 8.11. The number of aryl methyl sites for hydroxylation is 1. The quantitative estimate of drug-likeness (QED) is 0.812. The summed E-state index contributed by atoms with van der Waals surface area (Å²) < 4.78 is 2.22. The number of aromatic nitrogens is 2. The summed E-state index contributed by atoms with van der Waals surface area (Å²) >= 11 is 0. The van der Waals surface area contributed by atoms with Crippen molar-refractivity contribution in [1.82, 2.24) is 15.1 Å². The van der Waals surface area contributed by atoms with E-state index in [1.54, 1.807) is 0 Å². The Bertz CT molecular complexity index is 353. The lowest BCUT2D eigenvalue weighted by atomic mass is 9.96. The molecule has 1 saturated carbocycles. The molecule has 0 aliphatic heterocycles. The van der Waals surface area contributed by atoms with E-state index in [4.69, 9.17) is 5.10 Å². The van der Waals surface area contributed by atoms with Crippen molar-refractivity contribution >= 4 is 0 Å². The van der Waals surface area contributed by atoms with Crippen LogP contribution in [-0.4, -0.2) is 22.4 Å². The van der Waals surface area contributed by atoms with Crippen molar-refractivity contribution in [3.63, 3.8) is 0 Å².